The van der Waals surface area contributed by atoms with Gasteiger partial charge in [0.15, 0.2) is 0 Å². The van der Waals surface area contributed by atoms with Crippen molar-refractivity contribution in [3.8, 4) is 0 Å². The molecule has 0 radical (unpaired) electrons. The second kappa shape index (κ2) is 5.87. The molecule has 3 atom stereocenters. The molecule has 4 heteroatoms. The summed E-state index contributed by atoms with van der Waals surface area (Å²) in [7, 11) is 0. The lowest BCUT2D eigenvalue weighted by Crippen LogP contribution is -2.62. The van der Waals surface area contributed by atoms with E-state index in [4.69, 9.17) is 4.74 Å². The van der Waals surface area contributed by atoms with Gasteiger partial charge in [-0.1, -0.05) is 6.92 Å². The minimum atomic E-state index is -0.215. The van der Waals surface area contributed by atoms with Gasteiger partial charge in [-0.2, -0.15) is 0 Å². The molecule has 0 aromatic rings. The van der Waals surface area contributed by atoms with Crippen LogP contribution in [-0.2, 0) is 4.74 Å². The summed E-state index contributed by atoms with van der Waals surface area (Å²) in [5.74, 6) is 0. The van der Waals surface area contributed by atoms with Gasteiger partial charge in [-0.25, -0.2) is 0 Å². The maximum absolute atomic E-state index is 10.1. The van der Waals surface area contributed by atoms with Crippen molar-refractivity contribution in [1.82, 2.24) is 4.90 Å². The van der Waals surface area contributed by atoms with Crippen LogP contribution in [0.4, 0.5) is 0 Å². The molecule has 2 fully saturated rings. The SMILES string of the molecule is CCO[C@H]1C[C@@H](O)C12CCN(C[C@H](O)CC)CC2. The second-order valence-corrected chi connectivity index (χ2v) is 5.79. The van der Waals surface area contributed by atoms with Crippen molar-refractivity contribution >= 4 is 0 Å². The number of nitrogens with zero attached hydrogens (tertiary/aromatic N) is 1. The molecule has 0 aromatic carbocycles. The summed E-state index contributed by atoms with van der Waals surface area (Å²) in [5, 5.41) is 19.8. The van der Waals surface area contributed by atoms with Gasteiger partial charge < -0.3 is 19.8 Å². The van der Waals surface area contributed by atoms with E-state index in [9.17, 15) is 10.2 Å². The van der Waals surface area contributed by atoms with Gasteiger partial charge in [-0.3, -0.25) is 0 Å². The molecule has 0 amide bonds. The van der Waals surface area contributed by atoms with E-state index in [1.165, 1.54) is 0 Å². The summed E-state index contributed by atoms with van der Waals surface area (Å²) >= 11 is 0. The van der Waals surface area contributed by atoms with Crippen molar-refractivity contribution in [2.45, 2.75) is 57.8 Å². The van der Waals surface area contributed by atoms with E-state index in [0.29, 0.717) is 0 Å². The number of aliphatic hydroxyl groups is 2. The molecule has 1 saturated heterocycles. The van der Waals surface area contributed by atoms with Crippen LogP contribution in [0.5, 0.6) is 0 Å². The molecule has 1 heterocycles. The van der Waals surface area contributed by atoms with Gasteiger partial charge in [-0.05, 0) is 39.3 Å². The lowest BCUT2D eigenvalue weighted by molar-refractivity contribution is -0.210. The molecule has 1 spiro atoms. The van der Waals surface area contributed by atoms with Gasteiger partial charge in [-0.15, -0.1) is 0 Å². The van der Waals surface area contributed by atoms with Crippen LogP contribution < -0.4 is 0 Å². The van der Waals surface area contributed by atoms with Crippen LogP contribution in [0.25, 0.3) is 0 Å². The van der Waals surface area contributed by atoms with Crippen LogP contribution in [0, 0.1) is 5.41 Å². The number of hydrogen-bond donors (Lipinski definition) is 2. The first-order chi connectivity index (χ1) is 8.62. The molecular weight excluding hydrogens is 230 g/mol. The normalized spacial score (nSPS) is 33.3. The van der Waals surface area contributed by atoms with Gasteiger partial charge in [0.1, 0.15) is 0 Å². The molecule has 1 aliphatic carbocycles. The Hall–Kier alpha value is -0.160. The monoisotopic (exact) mass is 257 g/mol. The number of β-amino-alcohol motifs (C(OH)–C–C–N with tert-alkyl or cyclic N) is 1. The molecular formula is C14H27NO3. The molecule has 2 rings (SSSR count). The highest BCUT2D eigenvalue weighted by atomic mass is 16.5. The minimum absolute atomic E-state index is 0.00365. The van der Waals surface area contributed by atoms with E-state index in [-0.39, 0.29) is 23.7 Å². The molecule has 0 aromatic heterocycles. The van der Waals surface area contributed by atoms with Crippen molar-refractivity contribution in [3.63, 3.8) is 0 Å². The summed E-state index contributed by atoms with van der Waals surface area (Å²) < 4.78 is 5.75. The fourth-order valence-corrected chi connectivity index (χ4v) is 3.40. The molecule has 2 aliphatic rings. The Kier molecular flexibility index (Phi) is 4.64. The smallest absolute Gasteiger partial charge is 0.0681 e. The van der Waals surface area contributed by atoms with E-state index in [0.717, 1.165) is 51.9 Å². The van der Waals surface area contributed by atoms with Crippen molar-refractivity contribution in [1.29, 1.82) is 0 Å². The third kappa shape index (κ3) is 2.57. The topological polar surface area (TPSA) is 52.9 Å². The van der Waals surface area contributed by atoms with Gasteiger partial charge in [0.25, 0.3) is 0 Å². The first kappa shape index (κ1) is 14.3. The summed E-state index contributed by atoms with van der Waals surface area (Å²) in [4.78, 5) is 2.31. The van der Waals surface area contributed by atoms with Crippen LogP contribution >= 0.6 is 0 Å². The number of aliphatic hydroxyl groups excluding tert-OH is 2. The standard InChI is InChI=1S/C14H27NO3/c1-3-11(16)10-15-7-5-14(6-8-15)12(17)9-13(14)18-4-2/h11-13,16-17H,3-10H2,1-2H3/t11-,12-,13+/m1/s1. The molecule has 18 heavy (non-hydrogen) atoms. The maximum Gasteiger partial charge on any atom is 0.0681 e. The van der Waals surface area contributed by atoms with Crippen LogP contribution in [0.3, 0.4) is 0 Å². The zero-order valence-electron chi connectivity index (χ0n) is 11.6. The molecule has 4 nitrogen and oxygen atoms in total. The minimum Gasteiger partial charge on any atom is -0.392 e. The van der Waals surface area contributed by atoms with E-state index in [1.807, 2.05) is 13.8 Å². The Morgan fingerprint density at radius 2 is 2.00 bits per heavy atom. The second-order valence-electron chi connectivity index (χ2n) is 5.79. The zero-order valence-corrected chi connectivity index (χ0v) is 11.6. The summed E-state index contributed by atoms with van der Waals surface area (Å²) in [5.41, 5.74) is 0.00365. The van der Waals surface area contributed by atoms with Crippen molar-refractivity contribution in [3.05, 3.63) is 0 Å². The Bertz CT molecular complexity index is 262. The molecule has 0 unspecified atom stereocenters. The van der Waals surface area contributed by atoms with E-state index in [1.54, 1.807) is 0 Å². The number of ether oxygens (including phenoxy) is 1. The largest absolute Gasteiger partial charge is 0.392 e. The predicted molar refractivity (Wildman–Crippen MR) is 70.4 cm³/mol. The van der Waals surface area contributed by atoms with Crippen LogP contribution in [0.15, 0.2) is 0 Å². The Balaban J connectivity index is 1.85. The van der Waals surface area contributed by atoms with E-state index >= 15 is 0 Å². The third-order valence-electron chi connectivity index (χ3n) is 4.84. The van der Waals surface area contributed by atoms with Gasteiger partial charge >= 0.3 is 0 Å². The maximum atomic E-state index is 10.1. The number of rotatable bonds is 5. The first-order valence-corrected chi connectivity index (χ1v) is 7.32. The van der Waals surface area contributed by atoms with Gasteiger partial charge in [0.05, 0.1) is 18.3 Å². The van der Waals surface area contributed by atoms with Crippen LogP contribution in [0.1, 0.15) is 39.5 Å². The highest BCUT2D eigenvalue weighted by Crippen LogP contribution is 2.50. The molecule has 1 saturated carbocycles. The van der Waals surface area contributed by atoms with E-state index in [2.05, 4.69) is 4.90 Å². The predicted octanol–water partition coefficient (Wildman–Crippen LogP) is 1.01. The molecule has 0 bridgehead atoms. The number of likely N-dealkylation sites (tertiary alicyclic amines) is 1. The fourth-order valence-electron chi connectivity index (χ4n) is 3.40. The third-order valence-corrected chi connectivity index (χ3v) is 4.84. The molecule has 1 aliphatic heterocycles. The average molecular weight is 257 g/mol. The van der Waals surface area contributed by atoms with Gasteiger partial charge in [0, 0.05) is 25.0 Å². The summed E-state index contributed by atoms with van der Waals surface area (Å²) in [6.07, 6.45) is 3.44. The van der Waals surface area contributed by atoms with Crippen molar-refractivity contribution in [2.75, 3.05) is 26.2 Å². The Morgan fingerprint density at radius 3 is 2.50 bits per heavy atom. The highest BCUT2D eigenvalue weighted by Gasteiger charge is 2.55. The van der Waals surface area contributed by atoms with Crippen LogP contribution in [0.2, 0.25) is 0 Å². The van der Waals surface area contributed by atoms with Gasteiger partial charge in [0.2, 0.25) is 0 Å². The van der Waals surface area contributed by atoms with Crippen LogP contribution in [-0.4, -0.2) is 59.7 Å². The first-order valence-electron chi connectivity index (χ1n) is 7.32. The number of piperidine rings is 1. The van der Waals surface area contributed by atoms with Crippen molar-refractivity contribution < 1.29 is 14.9 Å². The zero-order chi connectivity index (χ0) is 13.2. The molecule has 2 N–H and O–H groups in total. The Morgan fingerprint density at radius 1 is 1.33 bits per heavy atom. The average Bonchev–Trinajstić information content (AvgIpc) is 2.39. The molecule has 106 valence electrons. The highest BCUT2D eigenvalue weighted by molar-refractivity contribution is 5.06. The quantitative estimate of drug-likeness (QED) is 0.772. The Labute approximate surface area is 110 Å². The van der Waals surface area contributed by atoms with Crippen molar-refractivity contribution in [2.24, 2.45) is 5.41 Å². The lowest BCUT2D eigenvalue weighted by Gasteiger charge is -2.56. The summed E-state index contributed by atoms with van der Waals surface area (Å²) in [6.45, 7) is 7.47. The fraction of sp³-hybridized carbons (Fsp3) is 1.00. The number of hydrogen-bond acceptors (Lipinski definition) is 4. The van der Waals surface area contributed by atoms with E-state index < -0.39 is 0 Å². The summed E-state index contributed by atoms with van der Waals surface area (Å²) in [6, 6.07) is 0. The lowest BCUT2D eigenvalue weighted by atomic mass is 9.58.